The van der Waals surface area contributed by atoms with Crippen LogP contribution in [0.25, 0.3) is 22.3 Å². The highest BCUT2D eigenvalue weighted by Crippen LogP contribution is 2.29. The van der Waals surface area contributed by atoms with Crippen LogP contribution in [0.3, 0.4) is 0 Å². The van der Waals surface area contributed by atoms with Crippen molar-refractivity contribution in [1.82, 2.24) is 20.0 Å². The number of rotatable bonds is 10. The van der Waals surface area contributed by atoms with Crippen molar-refractivity contribution < 1.29 is 4.79 Å². The van der Waals surface area contributed by atoms with Crippen LogP contribution in [-0.2, 0) is 30.7 Å². The van der Waals surface area contributed by atoms with E-state index in [4.69, 9.17) is 23.2 Å². The molecule has 2 aliphatic rings. The van der Waals surface area contributed by atoms with E-state index in [2.05, 4.69) is 124 Å². The smallest absolute Gasteiger partial charge is 0.219 e. The lowest BCUT2D eigenvalue weighted by molar-refractivity contribution is -0.133. The fourth-order valence-electron chi connectivity index (χ4n) is 8.10. The molecule has 2 fully saturated rings. The molecule has 6 aromatic carbocycles. The highest BCUT2D eigenvalue weighted by molar-refractivity contribution is 6.33. The number of nitrogens with zero attached hydrogens (tertiary/aromatic N) is 3. The second kappa shape index (κ2) is 20.1. The standard InChI is InChI=1S/C26H27ClN2O.C24H25ClN2/c1-20(30)29-16-15-28(19-24(29)17-21-7-3-2-4-8-21)18-22-11-13-23(14-12-22)25-9-5-6-10-26(25)27;25-24-9-5-4-8-23(24)21-12-10-20(11-13-21)17-27-15-14-26-22(18-27)16-19-6-2-1-3-7-19/h2-14,24H,15-19H2,1H3;1-13,22,26H,14-18H2/t24-;22-/m00/s1. The minimum absolute atomic E-state index is 0.166. The Kier molecular flexibility index (Phi) is 14.3. The molecule has 2 saturated heterocycles. The fraction of sp³-hybridized carbons (Fsp3) is 0.260. The number of carbonyl (C=O) groups is 1. The molecule has 8 rings (SSSR count). The van der Waals surface area contributed by atoms with Crippen LogP contribution in [0.1, 0.15) is 29.2 Å². The maximum absolute atomic E-state index is 12.2. The number of hydrogen-bond acceptors (Lipinski definition) is 4. The van der Waals surface area contributed by atoms with E-state index in [1.54, 1.807) is 6.92 Å². The Bertz CT molecular complexity index is 2160. The van der Waals surface area contributed by atoms with E-state index >= 15 is 0 Å². The average molecular weight is 796 g/mol. The van der Waals surface area contributed by atoms with Gasteiger partial charge >= 0.3 is 0 Å². The van der Waals surface area contributed by atoms with Crippen molar-refractivity contribution in [3.8, 4) is 22.3 Å². The molecule has 5 nitrogen and oxygen atoms in total. The minimum atomic E-state index is 0.166. The molecule has 6 aromatic rings. The van der Waals surface area contributed by atoms with Crippen LogP contribution in [0.5, 0.6) is 0 Å². The van der Waals surface area contributed by atoms with Crippen molar-refractivity contribution in [3.05, 3.63) is 190 Å². The normalized spacial score (nSPS) is 17.4. The molecule has 7 heteroatoms. The topological polar surface area (TPSA) is 38.8 Å². The fourth-order valence-corrected chi connectivity index (χ4v) is 8.59. The van der Waals surface area contributed by atoms with Crippen LogP contribution in [0.15, 0.2) is 158 Å². The van der Waals surface area contributed by atoms with E-state index < -0.39 is 0 Å². The molecule has 2 aliphatic heterocycles. The third-order valence-electron chi connectivity index (χ3n) is 11.0. The zero-order valence-electron chi connectivity index (χ0n) is 32.7. The SMILES string of the molecule is CC(=O)N1CCN(Cc2ccc(-c3ccccc3Cl)cc2)C[C@@H]1Cc1ccccc1.Clc1ccccc1-c1ccc(CN2CCN[C@@H](Cc3ccccc3)C2)cc1. The largest absolute Gasteiger partial charge is 0.337 e. The molecule has 1 N–H and O–H groups in total. The summed E-state index contributed by atoms with van der Waals surface area (Å²) < 4.78 is 0. The Balaban J connectivity index is 0.000000175. The quantitative estimate of drug-likeness (QED) is 0.150. The van der Waals surface area contributed by atoms with Crippen molar-refractivity contribution >= 4 is 29.1 Å². The maximum Gasteiger partial charge on any atom is 0.219 e. The average Bonchev–Trinajstić information content (AvgIpc) is 3.23. The Morgan fingerprint density at radius 3 is 1.53 bits per heavy atom. The zero-order valence-corrected chi connectivity index (χ0v) is 34.3. The van der Waals surface area contributed by atoms with Gasteiger partial charge in [0.15, 0.2) is 0 Å². The summed E-state index contributed by atoms with van der Waals surface area (Å²) in [6, 6.07) is 55.3. The Labute approximate surface area is 348 Å². The molecular weight excluding hydrogens is 743 g/mol. The van der Waals surface area contributed by atoms with Crippen LogP contribution in [0, 0.1) is 0 Å². The van der Waals surface area contributed by atoms with Crippen LogP contribution < -0.4 is 5.32 Å². The van der Waals surface area contributed by atoms with Gasteiger partial charge in [0, 0.05) is 92.5 Å². The van der Waals surface area contributed by atoms with Gasteiger partial charge in [-0.1, -0.05) is 169 Å². The summed E-state index contributed by atoms with van der Waals surface area (Å²) in [6.45, 7) is 9.37. The first-order valence-corrected chi connectivity index (χ1v) is 20.8. The van der Waals surface area contributed by atoms with Crippen molar-refractivity contribution in [2.75, 3.05) is 39.3 Å². The second-order valence-electron chi connectivity index (χ2n) is 15.2. The second-order valence-corrected chi connectivity index (χ2v) is 16.0. The molecule has 1 amide bonds. The lowest BCUT2D eigenvalue weighted by atomic mass is 10.0. The monoisotopic (exact) mass is 794 g/mol. The van der Waals surface area contributed by atoms with Gasteiger partial charge in [-0.25, -0.2) is 0 Å². The van der Waals surface area contributed by atoms with Gasteiger partial charge in [0.1, 0.15) is 0 Å². The third kappa shape index (κ3) is 11.4. The first-order chi connectivity index (χ1) is 27.9. The number of piperazine rings is 2. The lowest BCUT2D eigenvalue weighted by Crippen LogP contribution is -2.55. The molecule has 0 aliphatic carbocycles. The van der Waals surface area contributed by atoms with Crippen molar-refractivity contribution in [2.24, 2.45) is 0 Å². The van der Waals surface area contributed by atoms with Crippen LogP contribution in [-0.4, -0.2) is 72.0 Å². The van der Waals surface area contributed by atoms with Gasteiger partial charge in [-0.2, -0.15) is 0 Å². The van der Waals surface area contributed by atoms with Crippen LogP contribution in [0.4, 0.5) is 0 Å². The van der Waals surface area contributed by atoms with Gasteiger partial charge in [0.25, 0.3) is 0 Å². The number of carbonyl (C=O) groups excluding carboxylic acids is 1. The summed E-state index contributed by atoms with van der Waals surface area (Å²) in [5.74, 6) is 0.166. The van der Waals surface area contributed by atoms with Crippen molar-refractivity contribution in [2.45, 2.75) is 44.9 Å². The summed E-state index contributed by atoms with van der Waals surface area (Å²) >= 11 is 12.7. The molecule has 2 heterocycles. The first kappa shape index (κ1) is 40.4. The number of hydrogen-bond donors (Lipinski definition) is 1. The van der Waals surface area contributed by atoms with Gasteiger partial charge in [0.2, 0.25) is 5.91 Å². The van der Waals surface area contributed by atoms with Gasteiger partial charge < -0.3 is 10.2 Å². The van der Waals surface area contributed by atoms with Crippen LogP contribution in [0.2, 0.25) is 10.0 Å². The maximum atomic E-state index is 12.2. The highest BCUT2D eigenvalue weighted by Gasteiger charge is 2.29. The summed E-state index contributed by atoms with van der Waals surface area (Å²) in [7, 11) is 0. The lowest BCUT2D eigenvalue weighted by Gasteiger charge is -2.41. The Hall–Kier alpha value is -4.75. The van der Waals surface area contributed by atoms with E-state index in [0.717, 1.165) is 91.9 Å². The molecule has 0 radical (unpaired) electrons. The molecule has 0 aromatic heterocycles. The summed E-state index contributed by atoms with van der Waals surface area (Å²) in [4.78, 5) is 19.2. The number of benzene rings is 6. The van der Waals surface area contributed by atoms with Crippen LogP contribution >= 0.6 is 23.2 Å². The predicted octanol–water partition coefficient (Wildman–Crippen LogP) is 10.3. The van der Waals surface area contributed by atoms with Crippen molar-refractivity contribution in [3.63, 3.8) is 0 Å². The first-order valence-electron chi connectivity index (χ1n) is 20.1. The third-order valence-corrected chi connectivity index (χ3v) is 11.7. The predicted molar refractivity (Wildman–Crippen MR) is 238 cm³/mol. The van der Waals surface area contributed by atoms with E-state index in [9.17, 15) is 4.79 Å². The van der Waals surface area contributed by atoms with Crippen molar-refractivity contribution in [1.29, 1.82) is 0 Å². The highest BCUT2D eigenvalue weighted by atomic mass is 35.5. The van der Waals surface area contributed by atoms with Gasteiger partial charge in [0.05, 0.1) is 0 Å². The van der Waals surface area contributed by atoms with Gasteiger partial charge in [-0.3, -0.25) is 14.6 Å². The molecule has 0 bridgehead atoms. The van der Waals surface area contributed by atoms with E-state index in [-0.39, 0.29) is 11.9 Å². The molecule has 57 heavy (non-hydrogen) atoms. The molecule has 0 saturated carbocycles. The van der Waals surface area contributed by atoms with E-state index in [0.29, 0.717) is 6.04 Å². The number of amides is 1. The van der Waals surface area contributed by atoms with E-state index in [1.807, 2.05) is 53.4 Å². The zero-order chi connectivity index (χ0) is 39.4. The van der Waals surface area contributed by atoms with E-state index in [1.165, 1.54) is 27.8 Å². The Morgan fingerprint density at radius 2 is 1.02 bits per heavy atom. The summed E-state index contributed by atoms with van der Waals surface area (Å²) in [5.41, 5.74) is 9.77. The minimum Gasteiger partial charge on any atom is -0.337 e. The van der Waals surface area contributed by atoms with Gasteiger partial charge in [-0.05, 0) is 58.4 Å². The summed E-state index contributed by atoms with van der Waals surface area (Å²) in [6.07, 6.45) is 1.98. The molecule has 0 spiro atoms. The molecule has 2 atom stereocenters. The number of nitrogens with one attached hydrogen (secondary N) is 1. The van der Waals surface area contributed by atoms with Gasteiger partial charge in [-0.15, -0.1) is 0 Å². The molecular formula is C50H52Cl2N4O. The Morgan fingerprint density at radius 1 is 0.544 bits per heavy atom. The molecule has 0 unspecified atom stereocenters. The molecule has 292 valence electrons. The summed E-state index contributed by atoms with van der Waals surface area (Å²) in [5, 5.41) is 5.24. The number of halogens is 2.